The van der Waals surface area contributed by atoms with E-state index in [4.69, 9.17) is 14.2 Å². The van der Waals surface area contributed by atoms with Gasteiger partial charge in [0.25, 0.3) is 5.91 Å². The fourth-order valence-electron chi connectivity index (χ4n) is 2.27. The molecule has 1 N–H and O–H groups in total. The predicted octanol–water partition coefficient (Wildman–Crippen LogP) is 1.38. The van der Waals surface area contributed by atoms with Gasteiger partial charge in [0.15, 0.2) is 11.5 Å². The van der Waals surface area contributed by atoms with Gasteiger partial charge in [-0.2, -0.15) is 5.10 Å². The number of benzene rings is 1. The topological polar surface area (TPSA) is 135 Å². The molecule has 0 radical (unpaired) electrons. The Labute approximate surface area is 147 Å². The second-order valence-electron chi connectivity index (χ2n) is 4.96. The lowest BCUT2D eigenvalue weighted by Crippen LogP contribution is -2.19. The van der Waals surface area contributed by atoms with Gasteiger partial charge in [-0.25, -0.2) is 4.79 Å². The van der Waals surface area contributed by atoms with Crippen molar-refractivity contribution in [2.24, 2.45) is 7.05 Å². The molecule has 138 valence electrons. The van der Waals surface area contributed by atoms with E-state index in [1.807, 2.05) is 0 Å². The van der Waals surface area contributed by atoms with Crippen LogP contribution < -0.4 is 14.8 Å². The lowest BCUT2D eigenvalue weighted by Gasteiger charge is -2.14. The van der Waals surface area contributed by atoms with Crippen molar-refractivity contribution < 1.29 is 28.7 Å². The molecule has 11 nitrogen and oxygen atoms in total. The number of aromatic nitrogens is 2. The second kappa shape index (κ2) is 7.51. The first-order valence-electron chi connectivity index (χ1n) is 7.16. The number of nitrogens with one attached hydrogen (secondary N) is 1. The molecule has 0 fully saturated rings. The Kier molecular flexibility index (Phi) is 5.40. The van der Waals surface area contributed by atoms with Crippen LogP contribution in [0.4, 0.5) is 11.4 Å². The number of anilines is 1. The van der Waals surface area contributed by atoms with Crippen molar-refractivity contribution >= 4 is 23.3 Å². The van der Waals surface area contributed by atoms with E-state index in [2.05, 4.69) is 10.4 Å². The Hall–Kier alpha value is -3.63. The third-order valence-corrected chi connectivity index (χ3v) is 3.51. The number of hydrogen-bond acceptors (Lipinski definition) is 8. The zero-order valence-electron chi connectivity index (χ0n) is 14.4. The molecule has 0 spiro atoms. The van der Waals surface area contributed by atoms with Crippen LogP contribution in [0.15, 0.2) is 18.3 Å². The first kappa shape index (κ1) is 18.7. The van der Waals surface area contributed by atoms with Crippen LogP contribution in [0.25, 0.3) is 0 Å². The van der Waals surface area contributed by atoms with Gasteiger partial charge in [-0.05, 0) is 0 Å². The quantitative estimate of drug-likeness (QED) is 0.461. The molecule has 0 aliphatic heterocycles. The molecule has 1 heterocycles. The van der Waals surface area contributed by atoms with Crippen LogP contribution in [0.5, 0.6) is 11.5 Å². The van der Waals surface area contributed by atoms with Gasteiger partial charge >= 0.3 is 11.7 Å². The van der Waals surface area contributed by atoms with Gasteiger partial charge in [0.05, 0.1) is 37.5 Å². The van der Waals surface area contributed by atoms with Crippen LogP contribution in [0.2, 0.25) is 0 Å². The Balaban J connectivity index is 2.51. The van der Waals surface area contributed by atoms with Crippen molar-refractivity contribution in [3.05, 3.63) is 39.7 Å². The summed E-state index contributed by atoms with van der Waals surface area (Å²) in [5, 5.41) is 17.2. The van der Waals surface area contributed by atoms with Crippen molar-refractivity contribution in [3.8, 4) is 11.5 Å². The Morgan fingerprint density at radius 3 is 2.35 bits per heavy atom. The number of rotatable bonds is 6. The maximum atomic E-state index is 12.5. The Morgan fingerprint density at radius 2 is 1.81 bits per heavy atom. The number of aryl methyl sites for hydroxylation is 1. The molecular formula is C15H16N4O7. The zero-order chi connectivity index (χ0) is 19.4. The summed E-state index contributed by atoms with van der Waals surface area (Å²) < 4.78 is 16.0. The van der Waals surface area contributed by atoms with Gasteiger partial charge in [-0.3, -0.25) is 19.6 Å². The molecule has 26 heavy (non-hydrogen) atoms. The molecule has 2 aromatic rings. The van der Waals surface area contributed by atoms with Crippen LogP contribution >= 0.6 is 0 Å². The highest BCUT2D eigenvalue weighted by Crippen LogP contribution is 2.34. The molecule has 11 heteroatoms. The lowest BCUT2D eigenvalue weighted by atomic mass is 10.1. The van der Waals surface area contributed by atoms with Crippen LogP contribution in [0.1, 0.15) is 20.8 Å². The monoisotopic (exact) mass is 364 g/mol. The largest absolute Gasteiger partial charge is 0.493 e. The van der Waals surface area contributed by atoms with Gasteiger partial charge < -0.3 is 19.5 Å². The summed E-state index contributed by atoms with van der Waals surface area (Å²) in [6.07, 6.45) is 0.963. The standard InChI is InChI=1S/C15H16N4O7/c1-18-13(10(7-16-18)19(22)23)14(20)17-9-6-12(25-3)11(24-2)5-8(9)15(21)26-4/h5-7H,1-4H3,(H,17,20). The summed E-state index contributed by atoms with van der Waals surface area (Å²) in [7, 11) is 5.33. The van der Waals surface area contributed by atoms with Gasteiger partial charge in [-0.15, -0.1) is 0 Å². The number of amides is 1. The number of carbonyl (C=O) groups excluding carboxylic acids is 2. The number of hydrogen-bond donors (Lipinski definition) is 1. The molecule has 0 atom stereocenters. The molecule has 1 aromatic heterocycles. The maximum Gasteiger partial charge on any atom is 0.340 e. The Bertz CT molecular complexity index is 875. The summed E-state index contributed by atoms with van der Waals surface area (Å²) >= 11 is 0. The number of nitro groups is 1. The predicted molar refractivity (Wildman–Crippen MR) is 88.7 cm³/mol. The zero-order valence-corrected chi connectivity index (χ0v) is 14.4. The smallest absolute Gasteiger partial charge is 0.340 e. The fraction of sp³-hybridized carbons (Fsp3) is 0.267. The highest BCUT2D eigenvalue weighted by atomic mass is 16.6. The normalized spacial score (nSPS) is 10.2. The van der Waals surface area contributed by atoms with Crippen LogP contribution in [-0.4, -0.2) is 47.9 Å². The van der Waals surface area contributed by atoms with Gasteiger partial charge in [0, 0.05) is 19.2 Å². The molecule has 2 rings (SSSR count). The van der Waals surface area contributed by atoms with Crippen molar-refractivity contribution in [1.29, 1.82) is 0 Å². The average Bonchev–Trinajstić information content (AvgIpc) is 3.02. The molecule has 1 aromatic carbocycles. The van der Waals surface area contributed by atoms with E-state index >= 15 is 0 Å². The molecule has 0 saturated carbocycles. The number of ether oxygens (including phenoxy) is 3. The van der Waals surface area contributed by atoms with Crippen LogP contribution in [0.3, 0.4) is 0 Å². The molecule has 0 aliphatic carbocycles. The van der Waals surface area contributed by atoms with E-state index in [9.17, 15) is 19.7 Å². The van der Waals surface area contributed by atoms with E-state index in [0.717, 1.165) is 10.9 Å². The van der Waals surface area contributed by atoms with E-state index in [-0.39, 0.29) is 28.4 Å². The number of carbonyl (C=O) groups is 2. The van der Waals surface area contributed by atoms with Crippen molar-refractivity contribution in [3.63, 3.8) is 0 Å². The molecular weight excluding hydrogens is 348 g/mol. The minimum atomic E-state index is -0.825. The third-order valence-electron chi connectivity index (χ3n) is 3.51. The Morgan fingerprint density at radius 1 is 1.19 bits per heavy atom. The third kappa shape index (κ3) is 3.41. The summed E-state index contributed by atoms with van der Waals surface area (Å²) in [5.74, 6) is -1.07. The first-order chi connectivity index (χ1) is 12.3. The molecule has 0 bridgehead atoms. The molecule has 1 amide bonds. The SMILES string of the molecule is COC(=O)c1cc(OC)c(OC)cc1NC(=O)c1c([N+](=O)[O-])cnn1C. The highest BCUT2D eigenvalue weighted by molar-refractivity contribution is 6.09. The first-order valence-corrected chi connectivity index (χ1v) is 7.16. The van der Waals surface area contributed by atoms with E-state index in [1.165, 1.54) is 40.5 Å². The van der Waals surface area contributed by atoms with Crippen LogP contribution in [-0.2, 0) is 11.8 Å². The summed E-state index contributed by atoms with van der Waals surface area (Å²) in [6.45, 7) is 0. The summed E-state index contributed by atoms with van der Waals surface area (Å²) in [4.78, 5) is 34.9. The van der Waals surface area contributed by atoms with Crippen molar-refractivity contribution in [2.45, 2.75) is 0 Å². The van der Waals surface area contributed by atoms with E-state index in [0.29, 0.717) is 0 Å². The van der Waals surface area contributed by atoms with Crippen molar-refractivity contribution in [2.75, 3.05) is 26.6 Å². The van der Waals surface area contributed by atoms with Gasteiger partial charge in [-0.1, -0.05) is 0 Å². The van der Waals surface area contributed by atoms with Crippen molar-refractivity contribution in [1.82, 2.24) is 9.78 Å². The van der Waals surface area contributed by atoms with E-state index in [1.54, 1.807) is 0 Å². The summed E-state index contributed by atoms with van der Waals surface area (Å²) in [5.41, 5.74) is -0.719. The molecule has 0 unspecified atom stereocenters. The lowest BCUT2D eigenvalue weighted by molar-refractivity contribution is -0.385. The van der Waals surface area contributed by atoms with E-state index < -0.39 is 22.5 Å². The van der Waals surface area contributed by atoms with Crippen LogP contribution in [0, 0.1) is 10.1 Å². The number of nitrogens with zero attached hydrogens (tertiary/aromatic N) is 3. The molecule has 0 saturated heterocycles. The highest BCUT2D eigenvalue weighted by Gasteiger charge is 2.27. The van der Waals surface area contributed by atoms with Gasteiger partial charge in [0.1, 0.15) is 6.20 Å². The van der Waals surface area contributed by atoms with Gasteiger partial charge in [0.2, 0.25) is 5.69 Å². The number of methoxy groups -OCH3 is 3. The minimum absolute atomic E-state index is 0.0108. The average molecular weight is 364 g/mol. The summed E-state index contributed by atoms with van der Waals surface area (Å²) in [6, 6.07) is 2.68. The molecule has 0 aliphatic rings. The second-order valence-corrected chi connectivity index (χ2v) is 4.96. The number of esters is 1. The minimum Gasteiger partial charge on any atom is -0.493 e. The maximum absolute atomic E-state index is 12.5. The fourth-order valence-corrected chi connectivity index (χ4v) is 2.27.